The highest BCUT2D eigenvalue weighted by molar-refractivity contribution is 7.19. The Balaban J connectivity index is 1.60. The smallest absolute Gasteiger partial charge is 0.267 e. The van der Waals surface area contributed by atoms with E-state index in [-0.39, 0.29) is 5.91 Å². The lowest BCUT2D eigenvalue weighted by atomic mass is 10.1. The highest BCUT2D eigenvalue weighted by Gasteiger charge is 2.19. The number of nitrogens with one attached hydrogen (secondary N) is 2. The van der Waals surface area contributed by atoms with Crippen LogP contribution in [0.5, 0.6) is 0 Å². The van der Waals surface area contributed by atoms with Crippen LogP contribution in [0.2, 0.25) is 0 Å². The summed E-state index contributed by atoms with van der Waals surface area (Å²) >= 11 is 2.82. The van der Waals surface area contributed by atoms with Crippen molar-refractivity contribution in [2.45, 2.75) is 0 Å². The molecule has 0 aliphatic rings. The number of thiophene rings is 1. The van der Waals surface area contributed by atoms with Gasteiger partial charge in [-0.05, 0) is 23.6 Å². The second-order valence-corrected chi connectivity index (χ2v) is 8.04. The molecule has 7 heteroatoms. The minimum Gasteiger partial charge on any atom is -0.337 e. The molecule has 0 spiro atoms. The minimum atomic E-state index is -0.153. The van der Waals surface area contributed by atoms with Gasteiger partial charge in [-0.15, -0.1) is 11.3 Å². The van der Waals surface area contributed by atoms with Crippen molar-refractivity contribution >= 4 is 44.7 Å². The number of amides is 1. The first-order valence-corrected chi connectivity index (χ1v) is 10.3. The average Bonchev–Trinajstić information content (AvgIpc) is 3.47. The van der Waals surface area contributed by atoms with Crippen LogP contribution in [0.25, 0.3) is 33.0 Å². The third-order valence-electron chi connectivity index (χ3n) is 4.24. The van der Waals surface area contributed by atoms with Crippen LogP contribution in [-0.2, 0) is 0 Å². The first-order chi connectivity index (χ1) is 13.8. The number of thiazole rings is 1. The van der Waals surface area contributed by atoms with Gasteiger partial charge in [-0.3, -0.25) is 10.1 Å². The number of nitrogens with zero attached hydrogens (tertiary/aromatic N) is 2. The molecule has 0 bridgehead atoms. The first kappa shape index (κ1) is 16.9. The predicted molar refractivity (Wildman–Crippen MR) is 115 cm³/mol. The van der Waals surface area contributed by atoms with E-state index in [2.05, 4.69) is 10.3 Å². The van der Waals surface area contributed by atoms with Gasteiger partial charge in [-0.1, -0.05) is 59.9 Å². The lowest BCUT2D eigenvalue weighted by Gasteiger charge is -1.99. The number of anilines is 1. The molecule has 0 fully saturated rings. The van der Waals surface area contributed by atoms with Crippen molar-refractivity contribution in [2.24, 2.45) is 0 Å². The molecule has 2 aromatic carbocycles. The Morgan fingerprint density at radius 3 is 2.54 bits per heavy atom. The van der Waals surface area contributed by atoms with Crippen molar-refractivity contribution in [3.63, 3.8) is 0 Å². The fourth-order valence-electron chi connectivity index (χ4n) is 2.95. The van der Waals surface area contributed by atoms with Crippen LogP contribution in [0.4, 0.5) is 5.13 Å². The lowest BCUT2D eigenvalue weighted by Crippen LogP contribution is -2.09. The molecule has 0 aliphatic carbocycles. The molecule has 0 radical (unpaired) electrons. The Morgan fingerprint density at radius 2 is 1.75 bits per heavy atom. The van der Waals surface area contributed by atoms with Crippen molar-refractivity contribution in [2.75, 3.05) is 5.32 Å². The SMILES string of the molecule is O=C(Nc1nc(-c2ccccc2)c(-c2nc3ccccc3[nH]2)s1)c1cccs1. The number of H-pyrrole nitrogens is 1. The first-order valence-electron chi connectivity index (χ1n) is 8.64. The number of rotatable bonds is 4. The van der Waals surface area contributed by atoms with Crippen LogP contribution in [0.1, 0.15) is 9.67 Å². The summed E-state index contributed by atoms with van der Waals surface area (Å²) in [5.41, 5.74) is 3.64. The van der Waals surface area contributed by atoms with E-state index in [4.69, 9.17) is 9.97 Å². The summed E-state index contributed by atoms with van der Waals surface area (Å²) < 4.78 is 0. The molecule has 28 heavy (non-hydrogen) atoms. The topological polar surface area (TPSA) is 70.7 Å². The summed E-state index contributed by atoms with van der Waals surface area (Å²) in [6.45, 7) is 0. The molecular formula is C21H14N4OS2. The van der Waals surface area contributed by atoms with Gasteiger partial charge in [0.25, 0.3) is 5.91 Å². The zero-order chi connectivity index (χ0) is 18.9. The van der Waals surface area contributed by atoms with E-state index in [1.165, 1.54) is 22.7 Å². The maximum absolute atomic E-state index is 12.5. The van der Waals surface area contributed by atoms with Crippen molar-refractivity contribution in [3.05, 3.63) is 77.0 Å². The van der Waals surface area contributed by atoms with Gasteiger partial charge in [-0.2, -0.15) is 0 Å². The number of imidazole rings is 1. The van der Waals surface area contributed by atoms with Crippen molar-refractivity contribution in [1.82, 2.24) is 15.0 Å². The van der Waals surface area contributed by atoms with Gasteiger partial charge in [0, 0.05) is 5.56 Å². The number of aromatic nitrogens is 3. The predicted octanol–water partition coefficient (Wildman–Crippen LogP) is 5.67. The fraction of sp³-hybridized carbons (Fsp3) is 0. The van der Waals surface area contributed by atoms with Gasteiger partial charge < -0.3 is 4.98 Å². The summed E-state index contributed by atoms with van der Waals surface area (Å²) in [4.78, 5) is 26.8. The van der Waals surface area contributed by atoms with Crippen LogP contribution in [0, 0.1) is 0 Å². The summed E-state index contributed by atoms with van der Waals surface area (Å²) in [6.07, 6.45) is 0. The zero-order valence-corrected chi connectivity index (χ0v) is 16.2. The van der Waals surface area contributed by atoms with E-state index in [1.54, 1.807) is 6.07 Å². The molecule has 2 N–H and O–H groups in total. The van der Waals surface area contributed by atoms with Gasteiger partial charge in [-0.25, -0.2) is 9.97 Å². The van der Waals surface area contributed by atoms with Crippen LogP contribution >= 0.6 is 22.7 Å². The molecule has 0 saturated carbocycles. The van der Waals surface area contributed by atoms with E-state index in [1.807, 2.05) is 66.0 Å². The Labute approximate surface area is 168 Å². The summed E-state index contributed by atoms with van der Waals surface area (Å²) in [6, 6.07) is 21.5. The van der Waals surface area contributed by atoms with Crippen LogP contribution in [0.15, 0.2) is 72.1 Å². The molecule has 5 aromatic rings. The second kappa shape index (κ2) is 7.03. The highest BCUT2D eigenvalue weighted by atomic mass is 32.1. The molecule has 0 saturated heterocycles. The van der Waals surface area contributed by atoms with Gasteiger partial charge >= 0.3 is 0 Å². The molecule has 0 atom stereocenters. The van der Waals surface area contributed by atoms with Crippen molar-refractivity contribution in [1.29, 1.82) is 0 Å². The van der Waals surface area contributed by atoms with E-state index < -0.39 is 0 Å². The van der Waals surface area contributed by atoms with Crippen LogP contribution in [-0.4, -0.2) is 20.9 Å². The van der Waals surface area contributed by atoms with E-state index in [9.17, 15) is 4.79 Å². The molecular weight excluding hydrogens is 388 g/mol. The maximum atomic E-state index is 12.5. The molecule has 0 unspecified atom stereocenters. The Morgan fingerprint density at radius 1 is 0.929 bits per heavy atom. The fourth-order valence-corrected chi connectivity index (χ4v) is 4.50. The third kappa shape index (κ3) is 3.11. The number of benzene rings is 2. The number of hydrogen-bond acceptors (Lipinski definition) is 5. The van der Waals surface area contributed by atoms with Crippen molar-refractivity contribution < 1.29 is 4.79 Å². The number of carbonyl (C=O) groups excluding carboxylic acids is 1. The molecule has 5 nitrogen and oxygen atoms in total. The minimum absolute atomic E-state index is 0.153. The van der Waals surface area contributed by atoms with E-state index in [0.29, 0.717) is 10.0 Å². The largest absolute Gasteiger partial charge is 0.337 e. The third-order valence-corrected chi connectivity index (χ3v) is 6.09. The summed E-state index contributed by atoms with van der Waals surface area (Å²) in [5.74, 6) is 0.591. The highest BCUT2D eigenvalue weighted by Crippen LogP contribution is 2.38. The standard InChI is InChI=1S/C21H14N4OS2/c26-20(16-11-6-12-27-16)25-21-24-17(13-7-2-1-3-8-13)18(28-21)19-22-14-9-4-5-10-15(14)23-19/h1-12H,(H,22,23)(H,24,25,26). The van der Waals surface area contributed by atoms with Crippen LogP contribution in [0.3, 0.4) is 0 Å². The van der Waals surface area contributed by atoms with Gasteiger partial charge in [0.15, 0.2) is 11.0 Å². The van der Waals surface area contributed by atoms with E-state index >= 15 is 0 Å². The van der Waals surface area contributed by atoms with E-state index in [0.717, 1.165) is 33.0 Å². The number of para-hydroxylation sites is 2. The Hall–Kier alpha value is -3.29. The van der Waals surface area contributed by atoms with Crippen molar-refractivity contribution in [3.8, 4) is 22.0 Å². The molecule has 3 aromatic heterocycles. The molecule has 0 aliphatic heterocycles. The normalized spacial score (nSPS) is 11.0. The molecule has 3 heterocycles. The Kier molecular flexibility index (Phi) is 4.23. The molecule has 1 amide bonds. The van der Waals surface area contributed by atoms with Crippen LogP contribution < -0.4 is 5.32 Å². The quantitative estimate of drug-likeness (QED) is 0.407. The molecule has 5 rings (SSSR count). The second-order valence-electron chi connectivity index (χ2n) is 6.10. The monoisotopic (exact) mass is 402 g/mol. The van der Waals surface area contributed by atoms with Gasteiger partial charge in [0.05, 0.1) is 26.5 Å². The lowest BCUT2D eigenvalue weighted by molar-refractivity contribution is 0.103. The number of hydrogen-bond donors (Lipinski definition) is 2. The van der Waals surface area contributed by atoms with Gasteiger partial charge in [0.1, 0.15) is 0 Å². The summed E-state index contributed by atoms with van der Waals surface area (Å²) in [7, 11) is 0. The average molecular weight is 403 g/mol. The summed E-state index contributed by atoms with van der Waals surface area (Å²) in [5, 5.41) is 5.35. The zero-order valence-electron chi connectivity index (χ0n) is 14.5. The van der Waals surface area contributed by atoms with Gasteiger partial charge in [0.2, 0.25) is 0 Å². The number of aromatic amines is 1. The maximum Gasteiger partial charge on any atom is 0.267 e. The molecule has 136 valence electrons. The Bertz CT molecular complexity index is 1220. The number of fused-ring (bicyclic) bond motifs is 1. The number of carbonyl (C=O) groups is 1.